The monoisotopic (exact) mass is 545 g/mol. The zero-order valence-electron chi connectivity index (χ0n) is 19.1. The van der Waals surface area contributed by atoms with E-state index >= 15 is 0 Å². The SMILES string of the molecule is Cn1ncc(C#Cc2cc3sc(C4(C(=O)O)CC4)cc3s2)c1NC(=O)O[C@@H](c1ccccc1)C(F)(F)F. The first-order valence-electron chi connectivity index (χ1n) is 11.0. The van der Waals surface area contributed by atoms with Crippen molar-refractivity contribution in [2.75, 3.05) is 5.32 Å². The van der Waals surface area contributed by atoms with Crippen molar-refractivity contribution in [3.8, 4) is 11.8 Å². The largest absolute Gasteiger partial charge is 0.481 e. The number of benzene rings is 1. The van der Waals surface area contributed by atoms with E-state index in [1.165, 1.54) is 64.9 Å². The number of aryl methyl sites for hydroxylation is 1. The summed E-state index contributed by atoms with van der Waals surface area (Å²) in [6.07, 6.45) is -5.87. The van der Waals surface area contributed by atoms with E-state index in [4.69, 9.17) is 4.74 Å². The van der Waals surface area contributed by atoms with E-state index in [-0.39, 0.29) is 11.4 Å². The van der Waals surface area contributed by atoms with Gasteiger partial charge in [0.1, 0.15) is 11.2 Å². The number of nitrogens with zero attached hydrogens (tertiary/aromatic N) is 2. The molecule has 7 nitrogen and oxygen atoms in total. The Balaban J connectivity index is 1.33. The molecule has 2 N–H and O–H groups in total. The number of carbonyl (C=O) groups is 2. The number of fused-ring (bicyclic) bond motifs is 1. The molecule has 3 aromatic heterocycles. The number of alkyl halides is 3. The molecule has 12 heteroatoms. The molecule has 1 atom stereocenters. The fourth-order valence-corrected chi connectivity index (χ4v) is 6.30. The number of aliphatic carboxylic acids is 1. The first-order chi connectivity index (χ1) is 17.6. The number of aromatic nitrogens is 2. The maximum Gasteiger partial charge on any atom is 0.429 e. The quantitative estimate of drug-likeness (QED) is 0.297. The minimum Gasteiger partial charge on any atom is -0.481 e. The van der Waals surface area contributed by atoms with Crippen LogP contribution in [0.2, 0.25) is 0 Å². The fraction of sp³-hybridized carbons (Fsp3) is 0.240. The van der Waals surface area contributed by atoms with E-state index in [0.717, 1.165) is 14.3 Å². The van der Waals surface area contributed by atoms with Gasteiger partial charge in [-0.2, -0.15) is 18.3 Å². The van der Waals surface area contributed by atoms with Crippen LogP contribution < -0.4 is 5.32 Å². The molecule has 4 aromatic rings. The van der Waals surface area contributed by atoms with Crippen molar-refractivity contribution < 1.29 is 32.6 Å². The van der Waals surface area contributed by atoms with Gasteiger partial charge in [0.2, 0.25) is 6.10 Å². The molecule has 0 saturated heterocycles. The molecule has 1 amide bonds. The molecule has 1 aliphatic carbocycles. The Hall–Kier alpha value is -3.82. The van der Waals surface area contributed by atoms with Crippen LogP contribution in [0.1, 0.15) is 39.8 Å². The Kier molecular flexibility index (Phi) is 6.21. The van der Waals surface area contributed by atoms with E-state index in [9.17, 15) is 27.9 Å². The van der Waals surface area contributed by atoms with Crippen LogP contribution in [0.5, 0.6) is 0 Å². The number of thiophene rings is 2. The molecule has 0 unspecified atom stereocenters. The molecule has 0 bridgehead atoms. The zero-order valence-corrected chi connectivity index (χ0v) is 20.8. The second kappa shape index (κ2) is 9.24. The van der Waals surface area contributed by atoms with Gasteiger partial charge in [0.25, 0.3) is 0 Å². The van der Waals surface area contributed by atoms with Crippen molar-refractivity contribution >= 4 is 50.0 Å². The average molecular weight is 546 g/mol. The second-order valence-corrected chi connectivity index (χ2v) is 10.6. The maximum absolute atomic E-state index is 13.5. The number of anilines is 1. The van der Waals surface area contributed by atoms with Crippen molar-refractivity contribution in [1.29, 1.82) is 0 Å². The van der Waals surface area contributed by atoms with Crippen LogP contribution in [0.25, 0.3) is 9.40 Å². The van der Waals surface area contributed by atoms with Crippen LogP contribution in [0.4, 0.5) is 23.8 Å². The van der Waals surface area contributed by atoms with Gasteiger partial charge in [-0.1, -0.05) is 42.2 Å². The van der Waals surface area contributed by atoms with Gasteiger partial charge in [-0.25, -0.2) is 4.79 Å². The van der Waals surface area contributed by atoms with Crippen molar-refractivity contribution in [3.63, 3.8) is 0 Å². The Labute approximate surface area is 216 Å². The lowest BCUT2D eigenvalue weighted by atomic mass is 10.1. The Morgan fingerprint density at radius 2 is 1.86 bits per heavy atom. The van der Waals surface area contributed by atoms with E-state index in [1.807, 2.05) is 12.1 Å². The highest BCUT2D eigenvalue weighted by atomic mass is 32.1. The number of carboxylic acid groups (broad SMARTS) is 1. The van der Waals surface area contributed by atoms with Crippen LogP contribution in [0, 0.1) is 11.8 Å². The Bertz CT molecular complexity index is 1520. The molecule has 0 aliphatic heterocycles. The second-order valence-electron chi connectivity index (χ2n) is 8.48. The smallest absolute Gasteiger partial charge is 0.429 e. The first-order valence-corrected chi connectivity index (χ1v) is 12.6. The van der Waals surface area contributed by atoms with Gasteiger partial charge in [-0.3, -0.25) is 14.8 Å². The third-order valence-corrected chi connectivity index (χ3v) is 8.36. The molecule has 190 valence electrons. The topological polar surface area (TPSA) is 93.5 Å². The van der Waals surface area contributed by atoms with E-state index < -0.39 is 29.8 Å². The molecular formula is C25H18F3N3O4S2. The highest BCUT2D eigenvalue weighted by molar-refractivity contribution is 7.28. The van der Waals surface area contributed by atoms with Crippen molar-refractivity contribution in [1.82, 2.24) is 9.78 Å². The summed E-state index contributed by atoms with van der Waals surface area (Å²) in [5.74, 6) is 5.16. The maximum atomic E-state index is 13.5. The summed E-state index contributed by atoms with van der Waals surface area (Å²) in [4.78, 5) is 25.5. The number of hydrogen-bond acceptors (Lipinski definition) is 6. The summed E-state index contributed by atoms with van der Waals surface area (Å²) in [6.45, 7) is 0. The fourth-order valence-electron chi connectivity index (χ4n) is 3.81. The molecule has 37 heavy (non-hydrogen) atoms. The Morgan fingerprint density at radius 3 is 2.49 bits per heavy atom. The van der Waals surface area contributed by atoms with Gasteiger partial charge >= 0.3 is 18.2 Å². The number of hydrogen-bond donors (Lipinski definition) is 2. The minimum atomic E-state index is -4.80. The lowest BCUT2D eigenvalue weighted by molar-refractivity contribution is -0.205. The predicted octanol–water partition coefficient (Wildman–Crippen LogP) is 6.06. The van der Waals surface area contributed by atoms with Crippen molar-refractivity contribution in [2.24, 2.45) is 7.05 Å². The van der Waals surface area contributed by atoms with Crippen LogP contribution in [-0.2, 0) is 22.0 Å². The third kappa shape index (κ3) is 4.92. The van der Waals surface area contributed by atoms with Crippen LogP contribution in [0.3, 0.4) is 0 Å². The van der Waals surface area contributed by atoms with Crippen LogP contribution in [0.15, 0.2) is 48.7 Å². The van der Waals surface area contributed by atoms with Gasteiger partial charge in [-0.05, 0) is 25.0 Å². The summed E-state index contributed by atoms with van der Waals surface area (Å²) in [5.41, 5.74) is -0.666. The van der Waals surface area contributed by atoms with Crippen LogP contribution >= 0.6 is 22.7 Å². The van der Waals surface area contributed by atoms with E-state index in [2.05, 4.69) is 22.3 Å². The molecule has 1 saturated carbocycles. The summed E-state index contributed by atoms with van der Waals surface area (Å²) >= 11 is 2.85. The molecule has 5 rings (SSSR count). The van der Waals surface area contributed by atoms with E-state index in [1.54, 1.807) is 6.07 Å². The lowest BCUT2D eigenvalue weighted by Crippen LogP contribution is -2.28. The number of carboxylic acids is 1. The summed E-state index contributed by atoms with van der Waals surface area (Å²) < 4.78 is 48.5. The molecule has 3 heterocycles. The van der Waals surface area contributed by atoms with Crippen LogP contribution in [-0.4, -0.2) is 33.1 Å². The predicted molar refractivity (Wildman–Crippen MR) is 133 cm³/mol. The first kappa shape index (κ1) is 24.9. The van der Waals surface area contributed by atoms with Crippen molar-refractivity contribution in [2.45, 2.75) is 30.5 Å². The van der Waals surface area contributed by atoms with Crippen molar-refractivity contribution in [3.05, 3.63) is 69.5 Å². The Morgan fingerprint density at radius 1 is 1.16 bits per heavy atom. The van der Waals surface area contributed by atoms with Gasteiger partial charge < -0.3 is 9.84 Å². The number of carbonyl (C=O) groups excluding carboxylic acids is 1. The zero-order chi connectivity index (χ0) is 26.4. The molecular weight excluding hydrogens is 527 g/mol. The number of rotatable bonds is 5. The van der Waals surface area contributed by atoms with Gasteiger partial charge in [0.15, 0.2) is 0 Å². The molecule has 0 radical (unpaired) electrons. The highest BCUT2D eigenvalue weighted by Gasteiger charge is 2.53. The molecule has 0 spiro atoms. The number of nitrogens with one attached hydrogen (secondary N) is 1. The molecule has 1 aromatic carbocycles. The summed E-state index contributed by atoms with van der Waals surface area (Å²) in [7, 11) is 1.51. The number of amides is 1. The summed E-state index contributed by atoms with van der Waals surface area (Å²) in [6, 6.07) is 10.6. The minimum absolute atomic E-state index is 0.0873. The third-order valence-electron chi connectivity index (χ3n) is 5.94. The average Bonchev–Trinajstić information content (AvgIpc) is 3.28. The van der Waals surface area contributed by atoms with Gasteiger partial charge in [-0.15, -0.1) is 22.7 Å². The van der Waals surface area contributed by atoms with E-state index in [0.29, 0.717) is 23.3 Å². The molecule has 1 fully saturated rings. The highest BCUT2D eigenvalue weighted by Crippen LogP contribution is 2.52. The number of ether oxygens (including phenoxy) is 1. The number of halogens is 3. The lowest BCUT2D eigenvalue weighted by Gasteiger charge is -2.21. The van der Waals surface area contributed by atoms with Gasteiger partial charge in [0, 0.05) is 26.9 Å². The summed E-state index contributed by atoms with van der Waals surface area (Å²) in [5, 5.41) is 15.9. The van der Waals surface area contributed by atoms with Gasteiger partial charge in [0.05, 0.1) is 16.6 Å². The normalized spacial score (nSPS) is 15.0. The standard InChI is InChI=1S/C25H18F3N3O4S2/c1-31-21(30-23(34)35-20(25(26,27)28)14-5-3-2-4-6-14)15(13-29-31)7-8-16-11-17-18(36-16)12-19(37-17)24(9-10-24)22(32)33/h2-6,11-13,20H,9-10H2,1H3,(H,30,34)(H,32,33)/t20-/m0/s1. The molecule has 1 aliphatic rings.